The van der Waals surface area contributed by atoms with E-state index in [4.69, 9.17) is 11.6 Å². The van der Waals surface area contributed by atoms with E-state index in [0.29, 0.717) is 27.8 Å². The molecule has 0 bridgehead atoms. The Bertz CT molecular complexity index is 998. The predicted molar refractivity (Wildman–Crippen MR) is 111 cm³/mol. The van der Waals surface area contributed by atoms with Gasteiger partial charge in [-0.05, 0) is 37.3 Å². The zero-order valence-electron chi connectivity index (χ0n) is 15.4. The van der Waals surface area contributed by atoms with E-state index in [2.05, 4.69) is 31.1 Å². The summed E-state index contributed by atoms with van der Waals surface area (Å²) in [5.74, 6) is 2.00. The highest BCUT2D eigenvalue weighted by Crippen LogP contribution is 2.33. The molecule has 0 radical (unpaired) electrons. The van der Waals surface area contributed by atoms with Crippen LogP contribution in [0.4, 0.5) is 23.0 Å². The molecule has 0 unspecified atom stereocenters. The Hall–Kier alpha value is -3.06. The first-order valence-corrected chi connectivity index (χ1v) is 9.55. The largest absolute Gasteiger partial charge is 0.355 e. The van der Waals surface area contributed by atoms with Gasteiger partial charge in [-0.25, -0.2) is 4.98 Å². The molecule has 0 spiro atoms. The van der Waals surface area contributed by atoms with Crippen molar-refractivity contribution in [1.82, 2.24) is 20.5 Å². The summed E-state index contributed by atoms with van der Waals surface area (Å²) >= 11 is 6.31. The number of amides is 1. The molecule has 3 aromatic rings. The van der Waals surface area contributed by atoms with Crippen molar-refractivity contribution in [3.63, 3.8) is 0 Å². The molecule has 1 aliphatic rings. The summed E-state index contributed by atoms with van der Waals surface area (Å²) in [6.07, 6.45) is 5.16. The number of hydrogen-bond donors (Lipinski definition) is 4. The van der Waals surface area contributed by atoms with Crippen molar-refractivity contribution < 1.29 is 4.79 Å². The minimum absolute atomic E-state index is 0.174. The van der Waals surface area contributed by atoms with E-state index >= 15 is 0 Å². The fourth-order valence-electron chi connectivity index (χ4n) is 2.96. The van der Waals surface area contributed by atoms with Crippen molar-refractivity contribution in [1.29, 1.82) is 0 Å². The second kappa shape index (κ2) is 7.90. The number of nitrogens with one attached hydrogen (secondary N) is 4. The van der Waals surface area contributed by atoms with Gasteiger partial charge in [0.15, 0.2) is 0 Å². The number of H-pyrrole nitrogens is 1. The Morgan fingerprint density at radius 2 is 2.04 bits per heavy atom. The maximum absolute atomic E-state index is 12.1. The van der Waals surface area contributed by atoms with Gasteiger partial charge in [-0.2, -0.15) is 5.10 Å². The first kappa shape index (κ1) is 18.3. The lowest BCUT2D eigenvalue weighted by Crippen LogP contribution is -2.19. The number of carbonyl (C=O) groups is 1. The normalized spacial score (nSPS) is 13.2. The molecule has 0 atom stereocenters. The Morgan fingerprint density at radius 3 is 2.82 bits per heavy atom. The lowest BCUT2D eigenvalue weighted by atomic mass is 10.1. The molecule has 1 saturated carbocycles. The third-order valence-electron chi connectivity index (χ3n) is 4.61. The highest BCUT2D eigenvalue weighted by atomic mass is 35.5. The number of hydrogen-bond acceptors (Lipinski definition) is 5. The van der Waals surface area contributed by atoms with Crippen molar-refractivity contribution in [2.75, 3.05) is 17.7 Å². The molecule has 8 heteroatoms. The summed E-state index contributed by atoms with van der Waals surface area (Å²) in [6.45, 7) is 0. The van der Waals surface area contributed by atoms with Crippen LogP contribution in [0.5, 0.6) is 0 Å². The lowest BCUT2D eigenvalue weighted by molar-refractivity contribution is 0.0964. The summed E-state index contributed by atoms with van der Waals surface area (Å²) < 4.78 is 0. The van der Waals surface area contributed by atoms with Gasteiger partial charge < -0.3 is 16.0 Å². The van der Waals surface area contributed by atoms with Gasteiger partial charge in [0.2, 0.25) is 0 Å². The van der Waals surface area contributed by atoms with Gasteiger partial charge in [-0.3, -0.25) is 9.89 Å². The molecular weight excluding hydrogens is 376 g/mol. The second-order valence-electron chi connectivity index (χ2n) is 6.84. The molecule has 4 N–H and O–H groups in total. The van der Waals surface area contributed by atoms with Crippen LogP contribution in [-0.4, -0.2) is 28.1 Å². The molecule has 7 nitrogen and oxygen atoms in total. The van der Waals surface area contributed by atoms with Gasteiger partial charge in [0.05, 0.1) is 33.9 Å². The maximum atomic E-state index is 12.1. The van der Waals surface area contributed by atoms with Crippen LogP contribution in [-0.2, 0) is 6.42 Å². The highest BCUT2D eigenvalue weighted by molar-refractivity contribution is 6.33. The van der Waals surface area contributed by atoms with Crippen LogP contribution in [0.1, 0.15) is 28.9 Å². The second-order valence-corrected chi connectivity index (χ2v) is 7.25. The van der Waals surface area contributed by atoms with E-state index in [1.807, 2.05) is 24.3 Å². The molecule has 1 aliphatic carbocycles. The molecule has 0 aliphatic heterocycles. The zero-order chi connectivity index (χ0) is 19.5. The lowest BCUT2D eigenvalue weighted by Gasteiger charge is -2.13. The van der Waals surface area contributed by atoms with Crippen LogP contribution in [0.3, 0.4) is 0 Å². The maximum Gasteiger partial charge on any atom is 0.253 e. The zero-order valence-corrected chi connectivity index (χ0v) is 16.2. The summed E-state index contributed by atoms with van der Waals surface area (Å²) in [6, 6.07) is 11.0. The molecule has 144 valence electrons. The molecule has 1 fully saturated rings. The van der Waals surface area contributed by atoms with Crippen molar-refractivity contribution in [3.05, 3.63) is 58.9 Å². The van der Waals surface area contributed by atoms with Gasteiger partial charge >= 0.3 is 0 Å². The number of benzene rings is 1. The fraction of sp³-hybridized carbons (Fsp3) is 0.250. The predicted octanol–water partition coefficient (Wildman–Crippen LogP) is 4.26. The Labute approximate surface area is 167 Å². The number of carbonyl (C=O) groups excluding carboxylic acids is 1. The van der Waals surface area contributed by atoms with Crippen LogP contribution in [0.25, 0.3) is 0 Å². The summed E-state index contributed by atoms with van der Waals surface area (Å²) in [5, 5.41) is 16.9. The molecule has 2 aromatic heterocycles. The number of aromatic amines is 1. The molecular formula is C20H21ClN6O. The number of rotatable bonds is 7. The van der Waals surface area contributed by atoms with Gasteiger partial charge in [0, 0.05) is 19.2 Å². The minimum Gasteiger partial charge on any atom is -0.355 e. The molecule has 28 heavy (non-hydrogen) atoms. The van der Waals surface area contributed by atoms with Crippen molar-refractivity contribution >= 4 is 40.5 Å². The summed E-state index contributed by atoms with van der Waals surface area (Å²) in [4.78, 5) is 16.4. The quantitative estimate of drug-likeness (QED) is 0.478. The average molecular weight is 397 g/mol. The molecule has 4 rings (SSSR count). The molecule has 2 heterocycles. The number of pyridine rings is 1. The van der Waals surface area contributed by atoms with E-state index in [1.54, 1.807) is 25.4 Å². The Balaban J connectivity index is 1.53. The van der Waals surface area contributed by atoms with Crippen LogP contribution < -0.4 is 16.0 Å². The standard InChI is InChI=1S/C20H21ClN6O/c1-22-20(28)14-4-2-3-5-16(14)24-17-10-18(23-11-15(17)21)25-19-9-13(26-27-19)8-12-6-7-12/h2-5,9-12H,6-8H2,1H3,(H,22,28)(H3,23,24,25,26,27). The summed E-state index contributed by atoms with van der Waals surface area (Å²) in [7, 11) is 1.60. The number of anilines is 4. The number of halogens is 1. The van der Waals surface area contributed by atoms with E-state index in [-0.39, 0.29) is 5.91 Å². The number of nitrogens with zero attached hydrogens (tertiary/aromatic N) is 2. The van der Waals surface area contributed by atoms with Gasteiger partial charge in [-0.15, -0.1) is 0 Å². The van der Waals surface area contributed by atoms with Crippen LogP contribution in [0, 0.1) is 5.92 Å². The smallest absolute Gasteiger partial charge is 0.253 e. The van der Waals surface area contributed by atoms with Gasteiger partial charge in [-0.1, -0.05) is 23.7 Å². The van der Waals surface area contributed by atoms with Gasteiger partial charge in [0.25, 0.3) is 5.91 Å². The van der Waals surface area contributed by atoms with Gasteiger partial charge in [0.1, 0.15) is 11.6 Å². The Kier molecular flexibility index (Phi) is 5.16. The first-order chi connectivity index (χ1) is 13.6. The monoisotopic (exact) mass is 396 g/mol. The first-order valence-electron chi connectivity index (χ1n) is 9.17. The van der Waals surface area contributed by atoms with Crippen molar-refractivity contribution in [2.45, 2.75) is 19.3 Å². The third-order valence-corrected chi connectivity index (χ3v) is 4.91. The molecule has 1 amide bonds. The van der Waals surface area contributed by atoms with Crippen LogP contribution in [0.2, 0.25) is 5.02 Å². The fourth-order valence-corrected chi connectivity index (χ4v) is 3.11. The number of para-hydroxylation sites is 1. The summed E-state index contributed by atoms with van der Waals surface area (Å²) in [5.41, 5.74) is 2.89. The van der Waals surface area contributed by atoms with Crippen molar-refractivity contribution in [2.24, 2.45) is 5.92 Å². The minimum atomic E-state index is -0.174. The SMILES string of the molecule is CNC(=O)c1ccccc1Nc1cc(Nc2cc(CC3CC3)n[nH]2)ncc1Cl. The Morgan fingerprint density at radius 1 is 1.21 bits per heavy atom. The van der Waals surface area contributed by atoms with Crippen LogP contribution in [0.15, 0.2) is 42.6 Å². The molecule has 0 saturated heterocycles. The average Bonchev–Trinajstić information content (AvgIpc) is 3.41. The van der Waals surface area contributed by atoms with Crippen molar-refractivity contribution in [3.8, 4) is 0 Å². The van der Waals surface area contributed by atoms with E-state index < -0.39 is 0 Å². The highest BCUT2D eigenvalue weighted by Gasteiger charge is 2.22. The van der Waals surface area contributed by atoms with E-state index in [9.17, 15) is 4.79 Å². The molecule has 1 aromatic carbocycles. The van der Waals surface area contributed by atoms with Crippen LogP contribution >= 0.6 is 11.6 Å². The van der Waals surface area contributed by atoms with E-state index in [1.165, 1.54) is 12.8 Å². The van der Waals surface area contributed by atoms with E-state index in [0.717, 1.165) is 23.9 Å². The third kappa shape index (κ3) is 4.26. The number of aromatic nitrogens is 3. The topological polar surface area (TPSA) is 94.7 Å².